The van der Waals surface area contributed by atoms with E-state index in [4.69, 9.17) is 4.74 Å². The largest absolute Gasteiger partial charge is 0.377 e. The first kappa shape index (κ1) is 14.4. The van der Waals surface area contributed by atoms with Crippen LogP contribution >= 0.6 is 0 Å². The molecule has 4 heteroatoms. The average Bonchev–Trinajstić information content (AvgIpc) is 2.10. The summed E-state index contributed by atoms with van der Waals surface area (Å²) in [6.07, 6.45) is 0.242. The van der Waals surface area contributed by atoms with Gasteiger partial charge in [0.25, 0.3) is 0 Å². The van der Waals surface area contributed by atoms with E-state index in [0.717, 1.165) is 0 Å². The third-order valence-corrected chi connectivity index (χ3v) is 1.83. The molecule has 0 aliphatic heterocycles. The van der Waals surface area contributed by atoms with E-state index in [9.17, 15) is 4.79 Å². The van der Waals surface area contributed by atoms with Crippen LogP contribution in [0.3, 0.4) is 0 Å². The molecule has 0 bridgehead atoms. The van der Waals surface area contributed by atoms with E-state index in [1.807, 2.05) is 34.6 Å². The highest BCUT2D eigenvalue weighted by Gasteiger charge is 2.12. The molecular weight excluding hydrogens is 192 g/mol. The van der Waals surface area contributed by atoms with Gasteiger partial charge in [0.1, 0.15) is 0 Å². The van der Waals surface area contributed by atoms with Crippen LogP contribution in [0.4, 0.5) is 0 Å². The molecule has 0 heterocycles. The molecule has 0 aromatic rings. The number of rotatable bonds is 7. The van der Waals surface area contributed by atoms with Crippen molar-refractivity contribution in [1.29, 1.82) is 0 Å². The predicted molar refractivity (Wildman–Crippen MR) is 61.8 cm³/mol. The van der Waals surface area contributed by atoms with Crippen molar-refractivity contribution < 1.29 is 9.53 Å². The summed E-state index contributed by atoms with van der Waals surface area (Å²) in [5, 5.41) is 5.96. The first-order valence-corrected chi connectivity index (χ1v) is 5.58. The fourth-order valence-electron chi connectivity index (χ4n) is 1.07. The summed E-state index contributed by atoms with van der Waals surface area (Å²) in [7, 11) is 0. The Morgan fingerprint density at radius 3 is 2.27 bits per heavy atom. The molecule has 2 N–H and O–H groups in total. The second-order valence-corrected chi connectivity index (χ2v) is 4.26. The Balaban J connectivity index is 3.55. The molecule has 0 rings (SSSR count). The molecule has 15 heavy (non-hydrogen) atoms. The molecular formula is C11H24N2O2. The zero-order valence-corrected chi connectivity index (χ0v) is 10.5. The molecule has 1 amide bonds. The number of amides is 1. The molecule has 0 spiro atoms. The molecule has 1 unspecified atom stereocenters. The van der Waals surface area contributed by atoms with Gasteiger partial charge in [-0.2, -0.15) is 0 Å². The highest BCUT2D eigenvalue weighted by Crippen LogP contribution is 1.88. The van der Waals surface area contributed by atoms with Gasteiger partial charge in [-0.25, -0.2) is 0 Å². The highest BCUT2D eigenvalue weighted by atomic mass is 16.5. The molecule has 0 radical (unpaired) electrons. The molecule has 0 fully saturated rings. The minimum Gasteiger partial charge on any atom is -0.377 e. The zero-order chi connectivity index (χ0) is 11.8. The van der Waals surface area contributed by atoms with Crippen LogP contribution in [0.25, 0.3) is 0 Å². The number of carbonyl (C=O) groups excluding carboxylic acids is 1. The molecule has 0 aliphatic rings. The van der Waals surface area contributed by atoms with Crippen molar-refractivity contribution in [3.63, 3.8) is 0 Å². The third-order valence-electron chi connectivity index (χ3n) is 1.83. The van der Waals surface area contributed by atoms with Crippen molar-refractivity contribution >= 4 is 5.91 Å². The summed E-state index contributed by atoms with van der Waals surface area (Å²) in [5.41, 5.74) is 0. The van der Waals surface area contributed by atoms with Gasteiger partial charge in [0.2, 0.25) is 5.91 Å². The predicted octanol–water partition coefficient (Wildman–Crippen LogP) is 0.914. The van der Waals surface area contributed by atoms with Gasteiger partial charge < -0.3 is 15.4 Å². The van der Waals surface area contributed by atoms with Crippen molar-refractivity contribution in [1.82, 2.24) is 10.6 Å². The quantitative estimate of drug-likeness (QED) is 0.622. The van der Waals surface area contributed by atoms with Gasteiger partial charge in [-0.1, -0.05) is 0 Å². The van der Waals surface area contributed by atoms with Crippen molar-refractivity contribution in [3.8, 4) is 0 Å². The van der Waals surface area contributed by atoms with E-state index in [1.165, 1.54) is 0 Å². The lowest BCUT2D eigenvalue weighted by Crippen LogP contribution is -2.45. The number of nitrogens with one attached hydrogen (secondary N) is 2. The van der Waals surface area contributed by atoms with Crippen molar-refractivity contribution in [3.05, 3.63) is 0 Å². The Labute approximate surface area is 92.8 Å². The Kier molecular flexibility index (Phi) is 7.34. The first-order valence-electron chi connectivity index (χ1n) is 5.58. The van der Waals surface area contributed by atoms with E-state index in [0.29, 0.717) is 13.2 Å². The van der Waals surface area contributed by atoms with Gasteiger partial charge in [0.15, 0.2) is 0 Å². The normalized spacial score (nSPS) is 13.3. The van der Waals surface area contributed by atoms with Crippen LogP contribution < -0.4 is 10.6 Å². The van der Waals surface area contributed by atoms with E-state index in [2.05, 4.69) is 10.6 Å². The van der Waals surface area contributed by atoms with Gasteiger partial charge in [-0.05, 0) is 34.6 Å². The van der Waals surface area contributed by atoms with E-state index < -0.39 is 0 Å². The van der Waals surface area contributed by atoms with Gasteiger partial charge in [0.05, 0.1) is 18.8 Å². The van der Waals surface area contributed by atoms with Gasteiger partial charge in [0, 0.05) is 12.6 Å². The lowest BCUT2D eigenvalue weighted by molar-refractivity contribution is -0.123. The van der Waals surface area contributed by atoms with Crippen LogP contribution in [0.2, 0.25) is 0 Å². The Bertz CT molecular complexity index is 181. The van der Waals surface area contributed by atoms with E-state index >= 15 is 0 Å². The van der Waals surface area contributed by atoms with Crippen molar-refractivity contribution in [2.45, 2.75) is 52.8 Å². The topological polar surface area (TPSA) is 50.4 Å². The maximum Gasteiger partial charge on any atom is 0.237 e. The summed E-state index contributed by atoms with van der Waals surface area (Å²) in [6.45, 7) is 11.1. The molecule has 90 valence electrons. The molecule has 0 saturated heterocycles. The highest BCUT2D eigenvalue weighted by molar-refractivity contribution is 5.81. The summed E-state index contributed by atoms with van der Waals surface area (Å²) in [4.78, 5) is 11.5. The van der Waals surface area contributed by atoms with Gasteiger partial charge in [-0.3, -0.25) is 4.79 Å². The van der Waals surface area contributed by atoms with Gasteiger partial charge in [-0.15, -0.1) is 0 Å². The maximum atomic E-state index is 11.5. The summed E-state index contributed by atoms with van der Waals surface area (Å²) in [5.74, 6) is 0.0366. The first-order chi connectivity index (χ1) is 6.93. The molecule has 0 aromatic carbocycles. The molecule has 0 aliphatic carbocycles. The number of carbonyl (C=O) groups is 1. The van der Waals surface area contributed by atoms with Crippen LogP contribution in [0.1, 0.15) is 34.6 Å². The minimum atomic E-state index is -0.164. The number of hydrogen-bond donors (Lipinski definition) is 2. The second-order valence-electron chi connectivity index (χ2n) is 4.26. The fourth-order valence-corrected chi connectivity index (χ4v) is 1.07. The Hall–Kier alpha value is -0.610. The lowest BCUT2D eigenvalue weighted by atomic mass is 10.3. The Morgan fingerprint density at radius 2 is 1.80 bits per heavy atom. The van der Waals surface area contributed by atoms with Crippen molar-refractivity contribution in [2.75, 3.05) is 13.2 Å². The van der Waals surface area contributed by atoms with E-state index in [-0.39, 0.29) is 24.1 Å². The fraction of sp³-hybridized carbons (Fsp3) is 0.909. The SMILES string of the molecule is CC(C)NC(=O)C(C)NCCOC(C)C. The lowest BCUT2D eigenvalue weighted by Gasteiger charge is -2.16. The van der Waals surface area contributed by atoms with Crippen LogP contribution in [0, 0.1) is 0 Å². The molecule has 4 nitrogen and oxygen atoms in total. The summed E-state index contributed by atoms with van der Waals surface area (Å²) >= 11 is 0. The third kappa shape index (κ3) is 8.39. The smallest absolute Gasteiger partial charge is 0.237 e. The summed E-state index contributed by atoms with van der Waals surface area (Å²) in [6, 6.07) is 0.0248. The van der Waals surface area contributed by atoms with Crippen LogP contribution in [0.5, 0.6) is 0 Å². The molecule has 1 atom stereocenters. The van der Waals surface area contributed by atoms with Gasteiger partial charge >= 0.3 is 0 Å². The second kappa shape index (κ2) is 7.65. The van der Waals surface area contributed by atoms with Crippen LogP contribution in [0.15, 0.2) is 0 Å². The van der Waals surface area contributed by atoms with Crippen LogP contribution in [-0.4, -0.2) is 37.2 Å². The standard InChI is InChI=1S/C11H24N2O2/c1-8(2)13-11(14)10(5)12-6-7-15-9(3)4/h8-10,12H,6-7H2,1-5H3,(H,13,14). The van der Waals surface area contributed by atoms with Crippen molar-refractivity contribution in [2.24, 2.45) is 0 Å². The molecule has 0 saturated carbocycles. The number of ether oxygens (including phenoxy) is 1. The maximum absolute atomic E-state index is 11.5. The monoisotopic (exact) mass is 216 g/mol. The number of hydrogen-bond acceptors (Lipinski definition) is 3. The molecule has 0 aromatic heterocycles. The minimum absolute atomic E-state index is 0.0366. The zero-order valence-electron chi connectivity index (χ0n) is 10.5. The summed E-state index contributed by atoms with van der Waals surface area (Å²) < 4.78 is 5.36. The van der Waals surface area contributed by atoms with Crippen LogP contribution in [-0.2, 0) is 9.53 Å². The Morgan fingerprint density at radius 1 is 1.20 bits per heavy atom. The van der Waals surface area contributed by atoms with E-state index in [1.54, 1.807) is 0 Å². The average molecular weight is 216 g/mol.